The van der Waals surface area contributed by atoms with Gasteiger partial charge in [-0.15, -0.1) is 0 Å². The molecule has 0 unspecified atom stereocenters. The predicted molar refractivity (Wildman–Crippen MR) is 87.2 cm³/mol. The first kappa shape index (κ1) is 16.7. The third-order valence-electron chi connectivity index (χ3n) is 5.59. The molecule has 4 heteroatoms. The summed E-state index contributed by atoms with van der Waals surface area (Å²) in [5.74, 6) is 0.913. The second kappa shape index (κ2) is 8.09. The average Bonchev–Trinajstić information content (AvgIpc) is 2.99. The fraction of sp³-hybridized carbons (Fsp3) is 1.00. The molecular weight excluding hydrogens is 278 g/mol. The lowest BCUT2D eigenvalue weighted by Crippen LogP contribution is -2.56. The molecule has 0 radical (unpaired) electrons. The van der Waals surface area contributed by atoms with E-state index in [-0.39, 0.29) is 5.60 Å². The van der Waals surface area contributed by atoms with Crippen LogP contribution in [0.2, 0.25) is 0 Å². The molecule has 3 fully saturated rings. The van der Waals surface area contributed by atoms with Crippen molar-refractivity contribution in [3.63, 3.8) is 0 Å². The van der Waals surface area contributed by atoms with Crippen LogP contribution < -0.4 is 0 Å². The molecule has 0 N–H and O–H groups in total. The number of hydrogen-bond donors (Lipinski definition) is 0. The van der Waals surface area contributed by atoms with Crippen molar-refractivity contribution in [3.8, 4) is 0 Å². The van der Waals surface area contributed by atoms with E-state index < -0.39 is 0 Å². The Morgan fingerprint density at radius 3 is 2.68 bits per heavy atom. The summed E-state index contributed by atoms with van der Waals surface area (Å²) in [4.78, 5) is 2.64. The third kappa shape index (κ3) is 4.44. The summed E-state index contributed by atoms with van der Waals surface area (Å²) < 4.78 is 17.4. The van der Waals surface area contributed by atoms with Crippen LogP contribution in [0.15, 0.2) is 0 Å². The van der Waals surface area contributed by atoms with Gasteiger partial charge in [0.25, 0.3) is 0 Å². The summed E-state index contributed by atoms with van der Waals surface area (Å²) in [6.45, 7) is 9.27. The second-order valence-electron chi connectivity index (χ2n) is 7.42. The van der Waals surface area contributed by atoms with Gasteiger partial charge in [-0.1, -0.05) is 19.8 Å². The van der Waals surface area contributed by atoms with E-state index in [1.54, 1.807) is 0 Å². The highest BCUT2D eigenvalue weighted by atomic mass is 16.6. The molecule has 3 saturated heterocycles. The van der Waals surface area contributed by atoms with Crippen LogP contribution in [0, 0.1) is 5.92 Å². The normalized spacial score (nSPS) is 34.5. The molecule has 22 heavy (non-hydrogen) atoms. The summed E-state index contributed by atoms with van der Waals surface area (Å²) in [5.41, 5.74) is -0.000362. The van der Waals surface area contributed by atoms with Crippen LogP contribution in [0.4, 0.5) is 0 Å². The van der Waals surface area contributed by atoms with Crippen LogP contribution in [0.1, 0.15) is 51.9 Å². The first-order valence-corrected chi connectivity index (χ1v) is 9.35. The van der Waals surface area contributed by atoms with Gasteiger partial charge in [-0.2, -0.15) is 0 Å². The highest BCUT2D eigenvalue weighted by molar-refractivity contribution is 4.93. The molecule has 0 bridgehead atoms. The molecule has 3 heterocycles. The van der Waals surface area contributed by atoms with Crippen molar-refractivity contribution in [2.24, 2.45) is 5.92 Å². The summed E-state index contributed by atoms with van der Waals surface area (Å²) in [5, 5.41) is 0. The van der Waals surface area contributed by atoms with Gasteiger partial charge in [0, 0.05) is 39.3 Å². The maximum atomic E-state index is 6.34. The molecule has 0 aromatic carbocycles. The molecule has 3 aliphatic rings. The van der Waals surface area contributed by atoms with Crippen LogP contribution >= 0.6 is 0 Å². The molecule has 128 valence electrons. The Morgan fingerprint density at radius 2 is 1.95 bits per heavy atom. The lowest BCUT2D eigenvalue weighted by Gasteiger charge is -2.43. The van der Waals surface area contributed by atoms with Crippen LogP contribution in [0.3, 0.4) is 0 Å². The fourth-order valence-electron chi connectivity index (χ4n) is 4.18. The number of nitrogens with zero attached hydrogens (tertiary/aromatic N) is 1. The molecule has 1 spiro atoms. The maximum absolute atomic E-state index is 6.34. The molecule has 0 aromatic rings. The van der Waals surface area contributed by atoms with Gasteiger partial charge >= 0.3 is 0 Å². The minimum absolute atomic E-state index is 0.000362. The lowest BCUT2D eigenvalue weighted by atomic mass is 9.94. The number of morpholine rings is 1. The van der Waals surface area contributed by atoms with Crippen molar-refractivity contribution >= 4 is 0 Å². The van der Waals surface area contributed by atoms with E-state index in [2.05, 4.69) is 11.8 Å². The van der Waals surface area contributed by atoms with E-state index in [0.29, 0.717) is 6.10 Å². The largest absolute Gasteiger partial charge is 0.381 e. The average molecular weight is 311 g/mol. The van der Waals surface area contributed by atoms with Crippen LogP contribution in [-0.4, -0.2) is 62.7 Å². The molecular formula is C18H33NO3. The summed E-state index contributed by atoms with van der Waals surface area (Å²) in [6, 6.07) is 0. The topological polar surface area (TPSA) is 30.9 Å². The molecule has 3 rings (SSSR count). The number of rotatable bonds is 6. The van der Waals surface area contributed by atoms with Gasteiger partial charge in [-0.05, 0) is 38.1 Å². The zero-order valence-electron chi connectivity index (χ0n) is 14.2. The number of hydrogen-bond acceptors (Lipinski definition) is 4. The summed E-state index contributed by atoms with van der Waals surface area (Å²) in [6.07, 6.45) is 9.20. The number of unbranched alkanes of at least 4 members (excludes halogenated alkanes) is 1. The molecule has 0 amide bonds. The van der Waals surface area contributed by atoms with Crippen molar-refractivity contribution in [3.05, 3.63) is 0 Å². The Bertz CT molecular complexity index is 324. The Hall–Kier alpha value is -0.160. The third-order valence-corrected chi connectivity index (χ3v) is 5.59. The number of ether oxygens (including phenoxy) is 3. The van der Waals surface area contributed by atoms with Gasteiger partial charge in [0.15, 0.2) is 0 Å². The van der Waals surface area contributed by atoms with Crippen molar-refractivity contribution in [1.29, 1.82) is 0 Å². The van der Waals surface area contributed by atoms with Gasteiger partial charge in [-0.3, -0.25) is 4.90 Å². The first-order chi connectivity index (χ1) is 10.8. The Morgan fingerprint density at radius 1 is 1.09 bits per heavy atom. The van der Waals surface area contributed by atoms with Crippen LogP contribution in [0.25, 0.3) is 0 Å². The van der Waals surface area contributed by atoms with Crippen molar-refractivity contribution in [1.82, 2.24) is 4.90 Å². The van der Waals surface area contributed by atoms with Gasteiger partial charge in [0.05, 0.1) is 12.7 Å². The molecule has 0 aromatic heterocycles. The van der Waals surface area contributed by atoms with E-state index in [9.17, 15) is 0 Å². The van der Waals surface area contributed by atoms with E-state index in [1.165, 1.54) is 38.6 Å². The first-order valence-electron chi connectivity index (χ1n) is 9.35. The minimum Gasteiger partial charge on any atom is -0.381 e. The highest BCUT2D eigenvalue weighted by Crippen LogP contribution is 2.31. The molecule has 0 saturated carbocycles. The van der Waals surface area contributed by atoms with Crippen LogP contribution in [-0.2, 0) is 14.2 Å². The monoisotopic (exact) mass is 311 g/mol. The second-order valence-corrected chi connectivity index (χ2v) is 7.42. The smallest absolute Gasteiger partial charge is 0.107 e. The van der Waals surface area contributed by atoms with Gasteiger partial charge in [0.2, 0.25) is 0 Å². The zero-order valence-corrected chi connectivity index (χ0v) is 14.2. The van der Waals surface area contributed by atoms with Gasteiger partial charge < -0.3 is 14.2 Å². The van der Waals surface area contributed by atoms with E-state index in [1.807, 2.05) is 0 Å². The Balaban J connectivity index is 1.39. The molecule has 4 nitrogen and oxygen atoms in total. The van der Waals surface area contributed by atoms with E-state index in [4.69, 9.17) is 14.2 Å². The molecule has 3 aliphatic heterocycles. The van der Waals surface area contributed by atoms with E-state index >= 15 is 0 Å². The SMILES string of the molecule is CC[C@@H]1CN(CCCCC2CCOCC2)C[C@]2(CCOC2)O1. The lowest BCUT2D eigenvalue weighted by molar-refractivity contribution is -0.154. The highest BCUT2D eigenvalue weighted by Gasteiger charge is 2.43. The zero-order chi connectivity index (χ0) is 15.3. The molecule has 2 atom stereocenters. The van der Waals surface area contributed by atoms with Gasteiger partial charge in [0.1, 0.15) is 5.60 Å². The minimum atomic E-state index is -0.000362. The van der Waals surface area contributed by atoms with Crippen molar-refractivity contribution < 1.29 is 14.2 Å². The standard InChI is InChI=1S/C18H33NO3/c1-2-17-13-19(14-18(22-17)8-12-21-15-18)9-4-3-5-16-6-10-20-11-7-16/h16-17H,2-15H2,1H3/t17-,18+/m1/s1. The predicted octanol–water partition coefficient (Wildman–Crippen LogP) is 2.85. The molecule has 0 aliphatic carbocycles. The summed E-state index contributed by atoms with van der Waals surface area (Å²) >= 11 is 0. The summed E-state index contributed by atoms with van der Waals surface area (Å²) in [7, 11) is 0. The van der Waals surface area contributed by atoms with Gasteiger partial charge in [-0.25, -0.2) is 0 Å². The van der Waals surface area contributed by atoms with Crippen LogP contribution in [0.5, 0.6) is 0 Å². The van der Waals surface area contributed by atoms with Crippen molar-refractivity contribution in [2.75, 3.05) is 46.1 Å². The quantitative estimate of drug-likeness (QED) is 0.706. The van der Waals surface area contributed by atoms with Crippen molar-refractivity contribution in [2.45, 2.75) is 63.6 Å². The Labute approximate surface area is 135 Å². The maximum Gasteiger partial charge on any atom is 0.107 e. The Kier molecular flexibility index (Phi) is 6.14. The fourth-order valence-corrected chi connectivity index (χ4v) is 4.18. The van der Waals surface area contributed by atoms with E-state index in [0.717, 1.165) is 58.3 Å².